The van der Waals surface area contributed by atoms with Crippen LogP contribution in [0.5, 0.6) is 0 Å². The highest BCUT2D eigenvalue weighted by molar-refractivity contribution is 5.93. The molecule has 206 valence electrons. The molecule has 2 N–H and O–H groups in total. The van der Waals surface area contributed by atoms with Gasteiger partial charge < -0.3 is 20.3 Å². The third-order valence-corrected chi connectivity index (χ3v) is 6.50. The van der Waals surface area contributed by atoms with Crippen LogP contribution < -0.4 is 10.6 Å². The van der Waals surface area contributed by atoms with Crippen molar-refractivity contribution in [2.75, 3.05) is 0 Å². The number of amides is 3. The van der Waals surface area contributed by atoms with Gasteiger partial charge in [-0.3, -0.25) is 9.59 Å². The summed E-state index contributed by atoms with van der Waals surface area (Å²) in [5.41, 5.74) is 1.42. The van der Waals surface area contributed by atoms with E-state index in [0.29, 0.717) is 0 Å². The molecule has 0 spiro atoms. The van der Waals surface area contributed by atoms with Crippen molar-refractivity contribution in [2.45, 2.75) is 103 Å². The van der Waals surface area contributed by atoms with Gasteiger partial charge in [-0.2, -0.15) is 0 Å². The number of ether oxygens (including phenoxy) is 1. The van der Waals surface area contributed by atoms with Crippen LogP contribution in [0.15, 0.2) is 54.6 Å². The van der Waals surface area contributed by atoms with Crippen LogP contribution in [-0.4, -0.2) is 46.0 Å². The highest BCUT2D eigenvalue weighted by Gasteiger charge is 2.43. The van der Waals surface area contributed by atoms with Crippen molar-refractivity contribution in [3.05, 3.63) is 71.3 Å². The molecule has 0 radical (unpaired) electrons. The standard InChI is InChI=1S/C31H43N3O4/c1-21-14-11-12-19-24(21)26(27(35)33-30(2,3)4)34(23-17-13-18-23)28(36)25(20-22-15-9-8-10-16-22)32-29(37)38-31(5,6)7/h8-12,14-16,19,23,25-26H,13,17-18,20H2,1-7H3,(H,32,37)(H,33,35). The van der Waals surface area contributed by atoms with Crippen molar-refractivity contribution in [3.8, 4) is 0 Å². The summed E-state index contributed by atoms with van der Waals surface area (Å²) in [5, 5.41) is 5.93. The van der Waals surface area contributed by atoms with Gasteiger partial charge in [-0.15, -0.1) is 0 Å². The molecule has 0 saturated heterocycles. The summed E-state index contributed by atoms with van der Waals surface area (Å²) < 4.78 is 5.51. The SMILES string of the molecule is Cc1ccccc1C(C(=O)NC(C)(C)C)N(C(=O)C(Cc1ccccc1)NC(=O)OC(C)(C)C)C1CCC1. The number of rotatable bonds is 8. The van der Waals surface area contributed by atoms with Crippen LogP contribution in [0.3, 0.4) is 0 Å². The highest BCUT2D eigenvalue weighted by Crippen LogP contribution is 2.35. The van der Waals surface area contributed by atoms with E-state index in [1.807, 2.05) is 82.3 Å². The quantitative estimate of drug-likeness (QED) is 0.482. The molecule has 1 fully saturated rings. The topological polar surface area (TPSA) is 87.7 Å². The first kappa shape index (κ1) is 29.2. The average Bonchev–Trinajstić information content (AvgIpc) is 2.76. The predicted molar refractivity (Wildman–Crippen MR) is 150 cm³/mol. The Bertz CT molecular complexity index is 1110. The summed E-state index contributed by atoms with van der Waals surface area (Å²) in [6, 6.07) is 15.4. The van der Waals surface area contributed by atoms with Gasteiger partial charge in [0.25, 0.3) is 0 Å². The zero-order valence-corrected chi connectivity index (χ0v) is 23.8. The van der Waals surface area contributed by atoms with Gasteiger partial charge in [-0.25, -0.2) is 4.79 Å². The second-order valence-corrected chi connectivity index (χ2v) is 12.2. The van der Waals surface area contributed by atoms with Crippen molar-refractivity contribution in [1.82, 2.24) is 15.5 Å². The van der Waals surface area contributed by atoms with E-state index in [4.69, 9.17) is 4.74 Å². The minimum Gasteiger partial charge on any atom is -0.444 e. The third-order valence-electron chi connectivity index (χ3n) is 6.50. The zero-order valence-electron chi connectivity index (χ0n) is 23.8. The van der Waals surface area contributed by atoms with E-state index in [1.165, 1.54) is 0 Å². The van der Waals surface area contributed by atoms with Crippen LogP contribution in [0.1, 0.15) is 83.5 Å². The summed E-state index contributed by atoms with van der Waals surface area (Å²) in [4.78, 5) is 42.9. The van der Waals surface area contributed by atoms with E-state index in [0.717, 1.165) is 36.0 Å². The lowest BCUT2D eigenvalue weighted by Crippen LogP contribution is -2.59. The molecule has 7 nitrogen and oxygen atoms in total. The average molecular weight is 522 g/mol. The Balaban J connectivity index is 2.06. The van der Waals surface area contributed by atoms with Gasteiger partial charge in [-0.05, 0) is 84.4 Å². The molecule has 2 aromatic rings. The van der Waals surface area contributed by atoms with Crippen LogP contribution in [0, 0.1) is 6.92 Å². The van der Waals surface area contributed by atoms with Crippen molar-refractivity contribution in [2.24, 2.45) is 0 Å². The Morgan fingerprint density at radius 2 is 1.55 bits per heavy atom. The first-order chi connectivity index (χ1) is 17.7. The largest absolute Gasteiger partial charge is 0.444 e. The molecule has 0 aromatic heterocycles. The molecule has 3 rings (SSSR count). The lowest BCUT2D eigenvalue weighted by molar-refractivity contribution is -0.148. The molecule has 0 heterocycles. The third kappa shape index (κ3) is 8.07. The lowest BCUT2D eigenvalue weighted by atomic mass is 9.86. The summed E-state index contributed by atoms with van der Waals surface area (Å²) in [6.45, 7) is 13.1. The van der Waals surface area contributed by atoms with Crippen LogP contribution in [0.25, 0.3) is 0 Å². The van der Waals surface area contributed by atoms with Crippen molar-refractivity contribution in [3.63, 3.8) is 0 Å². The Kier molecular flexibility index (Phi) is 9.23. The molecule has 1 saturated carbocycles. The monoisotopic (exact) mass is 521 g/mol. The number of aryl methyl sites for hydroxylation is 1. The smallest absolute Gasteiger partial charge is 0.408 e. The van der Waals surface area contributed by atoms with Gasteiger partial charge in [0.2, 0.25) is 11.8 Å². The van der Waals surface area contributed by atoms with E-state index in [2.05, 4.69) is 10.6 Å². The number of hydrogen-bond donors (Lipinski definition) is 2. The van der Waals surface area contributed by atoms with E-state index in [-0.39, 0.29) is 24.3 Å². The zero-order chi connectivity index (χ0) is 28.1. The summed E-state index contributed by atoms with van der Waals surface area (Å²) >= 11 is 0. The highest BCUT2D eigenvalue weighted by atomic mass is 16.6. The Morgan fingerprint density at radius 3 is 2.08 bits per heavy atom. The molecule has 1 aliphatic carbocycles. The normalized spacial score (nSPS) is 15.6. The van der Waals surface area contributed by atoms with Gasteiger partial charge in [0, 0.05) is 18.0 Å². The number of carbonyl (C=O) groups excluding carboxylic acids is 3. The molecule has 2 atom stereocenters. The van der Waals surface area contributed by atoms with E-state index < -0.39 is 29.3 Å². The number of benzene rings is 2. The molecular weight excluding hydrogens is 478 g/mol. The van der Waals surface area contributed by atoms with E-state index in [1.54, 1.807) is 25.7 Å². The minimum absolute atomic E-state index is 0.100. The van der Waals surface area contributed by atoms with Crippen LogP contribution in [0.2, 0.25) is 0 Å². The minimum atomic E-state index is -0.901. The molecule has 0 aliphatic heterocycles. The molecule has 7 heteroatoms. The fourth-order valence-electron chi connectivity index (χ4n) is 4.61. The Hall–Kier alpha value is -3.35. The van der Waals surface area contributed by atoms with Crippen LogP contribution in [0.4, 0.5) is 4.79 Å². The summed E-state index contributed by atoms with van der Waals surface area (Å²) in [7, 11) is 0. The van der Waals surface area contributed by atoms with E-state index >= 15 is 0 Å². The van der Waals surface area contributed by atoms with Gasteiger partial charge in [0.1, 0.15) is 17.7 Å². The fraction of sp³-hybridized carbons (Fsp3) is 0.516. The van der Waals surface area contributed by atoms with Crippen molar-refractivity contribution in [1.29, 1.82) is 0 Å². The second kappa shape index (κ2) is 12.0. The maximum atomic E-state index is 14.5. The summed E-state index contributed by atoms with van der Waals surface area (Å²) in [6.07, 6.45) is 2.22. The molecule has 2 unspecified atom stereocenters. The van der Waals surface area contributed by atoms with Crippen LogP contribution in [-0.2, 0) is 20.7 Å². The number of carbonyl (C=O) groups is 3. The summed E-state index contributed by atoms with van der Waals surface area (Å²) in [5.74, 6) is -0.524. The maximum absolute atomic E-state index is 14.5. The number of nitrogens with one attached hydrogen (secondary N) is 2. The number of alkyl carbamates (subject to hydrolysis) is 1. The predicted octanol–water partition coefficient (Wildman–Crippen LogP) is 5.47. The molecule has 0 bridgehead atoms. The fourth-order valence-corrected chi connectivity index (χ4v) is 4.61. The Labute approximate surface area is 227 Å². The molecule has 3 amide bonds. The van der Waals surface area contributed by atoms with Gasteiger partial charge in [-0.1, -0.05) is 54.6 Å². The molecular formula is C31H43N3O4. The van der Waals surface area contributed by atoms with Gasteiger partial charge in [0.05, 0.1) is 0 Å². The maximum Gasteiger partial charge on any atom is 0.408 e. The van der Waals surface area contributed by atoms with Crippen molar-refractivity contribution < 1.29 is 19.1 Å². The number of nitrogens with zero attached hydrogens (tertiary/aromatic N) is 1. The van der Waals surface area contributed by atoms with E-state index in [9.17, 15) is 14.4 Å². The van der Waals surface area contributed by atoms with Crippen LogP contribution >= 0.6 is 0 Å². The first-order valence-electron chi connectivity index (χ1n) is 13.5. The number of hydrogen-bond acceptors (Lipinski definition) is 4. The van der Waals surface area contributed by atoms with Gasteiger partial charge >= 0.3 is 6.09 Å². The second-order valence-electron chi connectivity index (χ2n) is 12.2. The molecule has 1 aliphatic rings. The lowest BCUT2D eigenvalue weighted by Gasteiger charge is -2.44. The Morgan fingerprint density at radius 1 is 0.947 bits per heavy atom. The van der Waals surface area contributed by atoms with Crippen molar-refractivity contribution >= 4 is 17.9 Å². The first-order valence-corrected chi connectivity index (χ1v) is 13.5. The molecule has 2 aromatic carbocycles. The molecule has 38 heavy (non-hydrogen) atoms. The van der Waals surface area contributed by atoms with Gasteiger partial charge in [0.15, 0.2) is 0 Å².